The third-order valence-electron chi connectivity index (χ3n) is 4.94. The van der Waals surface area contributed by atoms with Gasteiger partial charge >= 0.3 is 6.18 Å². The fourth-order valence-corrected chi connectivity index (χ4v) is 3.92. The maximum atomic E-state index is 12.6. The van der Waals surface area contributed by atoms with Crippen LogP contribution in [-0.4, -0.2) is 44.7 Å². The number of carbonyl (C=O) groups excluding carboxylic acids is 1. The third kappa shape index (κ3) is 5.71. The van der Waals surface area contributed by atoms with Gasteiger partial charge in [0.2, 0.25) is 5.91 Å². The Morgan fingerprint density at radius 1 is 1.20 bits per heavy atom. The summed E-state index contributed by atoms with van der Waals surface area (Å²) >= 11 is 0. The molecule has 1 amide bonds. The van der Waals surface area contributed by atoms with E-state index in [-0.39, 0.29) is 23.3 Å². The van der Waals surface area contributed by atoms with Gasteiger partial charge < -0.3 is 10.2 Å². The zero-order valence-electron chi connectivity index (χ0n) is 16.3. The number of aryl methyl sites for hydroxylation is 1. The van der Waals surface area contributed by atoms with Gasteiger partial charge in [0, 0.05) is 38.0 Å². The molecule has 2 aromatic rings. The highest BCUT2D eigenvalue weighted by atomic mass is 32.2. The van der Waals surface area contributed by atoms with Crippen LogP contribution < -0.4 is 10.2 Å². The van der Waals surface area contributed by atoms with E-state index in [1.54, 1.807) is 12.1 Å². The molecule has 2 heterocycles. The molecule has 0 spiro atoms. The Morgan fingerprint density at radius 2 is 1.90 bits per heavy atom. The van der Waals surface area contributed by atoms with Gasteiger partial charge in [-0.15, -0.1) is 0 Å². The van der Waals surface area contributed by atoms with E-state index in [0.29, 0.717) is 31.7 Å². The van der Waals surface area contributed by atoms with Crippen LogP contribution in [-0.2, 0) is 27.2 Å². The predicted octanol–water partition coefficient (Wildman–Crippen LogP) is 2.83. The second-order valence-electron chi connectivity index (χ2n) is 7.32. The zero-order chi connectivity index (χ0) is 21.9. The number of nitrogens with zero attached hydrogens (tertiary/aromatic N) is 2. The largest absolute Gasteiger partial charge is 0.417 e. The average Bonchev–Trinajstić information content (AvgIpc) is 3.14. The number of sulfone groups is 1. The number of benzene rings is 1. The minimum Gasteiger partial charge on any atom is -0.354 e. The van der Waals surface area contributed by atoms with Gasteiger partial charge in [0.1, 0.15) is 5.82 Å². The highest BCUT2D eigenvalue weighted by molar-refractivity contribution is 7.90. The molecule has 1 aromatic heterocycles. The zero-order valence-corrected chi connectivity index (χ0v) is 17.1. The smallest absolute Gasteiger partial charge is 0.354 e. The second-order valence-corrected chi connectivity index (χ2v) is 9.33. The number of rotatable bonds is 6. The highest BCUT2D eigenvalue weighted by Gasteiger charge is 2.31. The predicted molar refractivity (Wildman–Crippen MR) is 106 cm³/mol. The summed E-state index contributed by atoms with van der Waals surface area (Å²) in [5.74, 6) is 0.320. The Kier molecular flexibility index (Phi) is 6.35. The molecule has 0 saturated carbocycles. The Bertz CT molecular complexity index is 991. The molecule has 0 bridgehead atoms. The average molecular weight is 441 g/mol. The molecule has 10 heteroatoms. The quantitative estimate of drug-likeness (QED) is 0.746. The molecule has 162 valence electrons. The summed E-state index contributed by atoms with van der Waals surface area (Å²) in [5.41, 5.74) is 0.0689. The Labute approximate surface area is 173 Å². The fraction of sp³-hybridized carbons (Fsp3) is 0.400. The van der Waals surface area contributed by atoms with Crippen LogP contribution in [0.1, 0.15) is 24.0 Å². The number of aromatic nitrogens is 1. The fourth-order valence-electron chi connectivity index (χ4n) is 3.29. The number of pyridine rings is 1. The maximum absolute atomic E-state index is 12.6. The molecule has 1 aliphatic rings. The summed E-state index contributed by atoms with van der Waals surface area (Å²) in [7, 11) is -3.25. The summed E-state index contributed by atoms with van der Waals surface area (Å²) < 4.78 is 60.9. The van der Waals surface area contributed by atoms with Crippen LogP contribution in [0.2, 0.25) is 0 Å². The molecule has 1 atom stereocenters. The summed E-state index contributed by atoms with van der Waals surface area (Å²) in [4.78, 5) is 18.2. The van der Waals surface area contributed by atoms with E-state index >= 15 is 0 Å². The number of nitrogens with one attached hydrogen (secondary N) is 1. The first-order valence-corrected chi connectivity index (χ1v) is 11.3. The minimum absolute atomic E-state index is 0.103. The molecular formula is C20H22F3N3O3S. The van der Waals surface area contributed by atoms with Gasteiger partial charge in [-0.1, -0.05) is 12.1 Å². The lowest BCUT2D eigenvalue weighted by Crippen LogP contribution is -2.37. The van der Waals surface area contributed by atoms with Crippen LogP contribution in [0.15, 0.2) is 47.5 Å². The number of amides is 1. The summed E-state index contributed by atoms with van der Waals surface area (Å²) in [5, 5.41) is 2.94. The van der Waals surface area contributed by atoms with E-state index < -0.39 is 21.6 Å². The molecular weight excluding hydrogens is 419 g/mol. The van der Waals surface area contributed by atoms with Gasteiger partial charge in [0.05, 0.1) is 10.5 Å². The Morgan fingerprint density at radius 3 is 2.47 bits per heavy atom. The number of carbonyl (C=O) groups is 1. The summed E-state index contributed by atoms with van der Waals surface area (Å²) in [6.45, 7) is 1.07. The van der Waals surface area contributed by atoms with Gasteiger partial charge in [-0.2, -0.15) is 13.2 Å². The molecule has 0 radical (unpaired) electrons. The second kappa shape index (κ2) is 8.63. The monoisotopic (exact) mass is 441 g/mol. The standard InChI is InChI=1S/C20H22F3N3O3S/c1-30(28,29)17-6-2-14(3-7-17)4-9-19(27)25-16-10-11-26(13-16)18-8-5-15(12-24-18)20(21,22)23/h2-3,5-8,12,16H,4,9-11,13H2,1H3,(H,25,27)/t16-/m0/s1. The van der Waals surface area contributed by atoms with E-state index in [9.17, 15) is 26.4 Å². The van der Waals surface area contributed by atoms with Gasteiger partial charge in [-0.3, -0.25) is 4.79 Å². The van der Waals surface area contributed by atoms with E-state index in [1.807, 2.05) is 4.90 Å². The summed E-state index contributed by atoms with van der Waals surface area (Å²) in [6.07, 6.45) is -1.05. The Hall–Kier alpha value is -2.62. The molecule has 1 aromatic carbocycles. The van der Waals surface area contributed by atoms with E-state index in [2.05, 4.69) is 10.3 Å². The maximum Gasteiger partial charge on any atom is 0.417 e. The SMILES string of the molecule is CS(=O)(=O)c1ccc(CCC(=O)N[C@H]2CCN(c3ccc(C(F)(F)F)cn3)C2)cc1. The number of hydrogen-bond donors (Lipinski definition) is 1. The number of hydrogen-bond acceptors (Lipinski definition) is 5. The van der Waals surface area contributed by atoms with Crippen molar-refractivity contribution in [2.45, 2.75) is 36.4 Å². The van der Waals surface area contributed by atoms with Crippen molar-refractivity contribution in [1.29, 1.82) is 0 Å². The first-order chi connectivity index (χ1) is 14.0. The van der Waals surface area contributed by atoms with Crippen molar-refractivity contribution >= 4 is 21.6 Å². The number of anilines is 1. The molecule has 1 aliphatic heterocycles. The van der Waals surface area contributed by atoms with Crippen LogP contribution in [0.3, 0.4) is 0 Å². The van der Waals surface area contributed by atoms with Crippen LogP contribution in [0, 0.1) is 0 Å². The highest BCUT2D eigenvalue weighted by Crippen LogP contribution is 2.29. The van der Waals surface area contributed by atoms with Gasteiger partial charge in [-0.05, 0) is 42.7 Å². The molecule has 1 N–H and O–H groups in total. The molecule has 1 saturated heterocycles. The first kappa shape index (κ1) is 22.1. The van der Waals surface area contributed by atoms with E-state index in [4.69, 9.17) is 0 Å². The molecule has 0 unspecified atom stereocenters. The van der Waals surface area contributed by atoms with Gasteiger partial charge in [0.25, 0.3) is 0 Å². The van der Waals surface area contributed by atoms with Crippen molar-refractivity contribution < 1.29 is 26.4 Å². The van der Waals surface area contributed by atoms with Crippen molar-refractivity contribution in [3.05, 3.63) is 53.7 Å². The van der Waals surface area contributed by atoms with Crippen molar-refractivity contribution in [3.63, 3.8) is 0 Å². The van der Waals surface area contributed by atoms with Crippen LogP contribution in [0.5, 0.6) is 0 Å². The van der Waals surface area contributed by atoms with Crippen LogP contribution in [0.25, 0.3) is 0 Å². The van der Waals surface area contributed by atoms with Crippen molar-refractivity contribution in [2.24, 2.45) is 0 Å². The molecule has 30 heavy (non-hydrogen) atoms. The normalized spacial score (nSPS) is 17.2. The van der Waals surface area contributed by atoms with E-state index in [0.717, 1.165) is 24.1 Å². The lowest BCUT2D eigenvalue weighted by atomic mass is 10.1. The molecule has 0 aliphatic carbocycles. The van der Waals surface area contributed by atoms with Crippen LogP contribution in [0.4, 0.5) is 19.0 Å². The molecule has 6 nitrogen and oxygen atoms in total. The van der Waals surface area contributed by atoms with Crippen molar-refractivity contribution in [1.82, 2.24) is 10.3 Å². The summed E-state index contributed by atoms with van der Waals surface area (Å²) in [6, 6.07) is 8.67. The molecule has 1 fully saturated rings. The van der Waals surface area contributed by atoms with Crippen molar-refractivity contribution in [3.8, 4) is 0 Å². The Balaban J connectivity index is 1.47. The number of halogens is 3. The van der Waals surface area contributed by atoms with Gasteiger partial charge in [0.15, 0.2) is 9.84 Å². The minimum atomic E-state index is -4.42. The van der Waals surface area contributed by atoms with Crippen molar-refractivity contribution in [2.75, 3.05) is 24.2 Å². The molecule has 3 rings (SSSR count). The van der Waals surface area contributed by atoms with Crippen LogP contribution >= 0.6 is 0 Å². The van der Waals surface area contributed by atoms with Gasteiger partial charge in [-0.25, -0.2) is 13.4 Å². The lowest BCUT2D eigenvalue weighted by Gasteiger charge is -2.18. The topological polar surface area (TPSA) is 79.4 Å². The number of alkyl halides is 3. The first-order valence-electron chi connectivity index (χ1n) is 9.39. The lowest BCUT2D eigenvalue weighted by molar-refractivity contribution is -0.137. The third-order valence-corrected chi connectivity index (χ3v) is 6.07. The van der Waals surface area contributed by atoms with E-state index in [1.165, 1.54) is 18.2 Å².